The summed E-state index contributed by atoms with van der Waals surface area (Å²) >= 11 is 5.94. The molecule has 0 unspecified atom stereocenters. The average Bonchev–Trinajstić information content (AvgIpc) is 3.21. The zero-order valence-electron chi connectivity index (χ0n) is 17.6. The highest BCUT2D eigenvalue weighted by molar-refractivity contribution is 6.30. The first kappa shape index (κ1) is 20.8. The molecule has 4 aromatic rings. The van der Waals surface area contributed by atoms with Crippen molar-refractivity contribution in [3.05, 3.63) is 94.3 Å². The Kier molecular flexibility index (Phi) is 5.87. The molecule has 1 aromatic heterocycles. The molecule has 6 heteroatoms. The maximum absolute atomic E-state index is 12.8. The van der Waals surface area contributed by atoms with E-state index in [-0.39, 0.29) is 5.91 Å². The fourth-order valence-corrected chi connectivity index (χ4v) is 3.55. The first-order valence-electron chi connectivity index (χ1n) is 9.92. The number of carbonyl (C=O) groups is 1. The van der Waals surface area contributed by atoms with Crippen LogP contribution in [-0.2, 0) is 6.54 Å². The van der Waals surface area contributed by atoms with Crippen LogP contribution in [-0.4, -0.2) is 28.1 Å². The summed E-state index contributed by atoms with van der Waals surface area (Å²) in [7, 11) is 1.80. The molecule has 5 nitrogen and oxygen atoms in total. The van der Waals surface area contributed by atoms with Gasteiger partial charge in [0.1, 0.15) is 0 Å². The number of hydrogen-bond donors (Lipinski definition) is 0. The Bertz CT molecular complexity index is 1210. The molecule has 0 fully saturated rings. The van der Waals surface area contributed by atoms with Crippen molar-refractivity contribution in [2.45, 2.75) is 20.4 Å². The molecule has 4 rings (SSSR count). The fraction of sp³-hybridized carbons (Fsp3) is 0.160. The summed E-state index contributed by atoms with van der Waals surface area (Å²) in [5.74, 6) is 0.991. The second-order valence-corrected chi connectivity index (χ2v) is 7.96. The predicted octanol–water partition coefficient (Wildman–Crippen LogP) is 5.95. The van der Waals surface area contributed by atoms with Crippen molar-refractivity contribution in [2.24, 2.45) is 0 Å². The van der Waals surface area contributed by atoms with Crippen LogP contribution >= 0.6 is 11.6 Å². The van der Waals surface area contributed by atoms with Gasteiger partial charge in [0.25, 0.3) is 5.91 Å². The lowest BCUT2D eigenvalue weighted by molar-refractivity contribution is 0.0785. The highest BCUT2D eigenvalue weighted by Gasteiger charge is 2.14. The molecule has 0 aliphatic carbocycles. The molecule has 0 radical (unpaired) electrons. The van der Waals surface area contributed by atoms with Gasteiger partial charge >= 0.3 is 0 Å². The summed E-state index contributed by atoms with van der Waals surface area (Å²) in [6.45, 7) is 4.34. The molecule has 0 spiro atoms. The Labute approximate surface area is 186 Å². The van der Waals surface area contributed by atoms with E-state index in [4.69, 9.17) is 16.0 Å². The Balaban J connectivity index is 1.54. The minimum absolute atomic E-state index is 0.0340. The summed E-state index contributed by atoms with van der Waals surface area (Å²) in [5, 5.41) is 8.69. The number of nitrogens with zero attached hydrogens (tertiary/aromatic N) is 3. The number of hydrogen-bond acceptors (Lipinski definition) is 4. The minimum Gasteiger partial charge on any atom is -0.421 e. The van der Waals surface area contributed by atoms with Crippen LogP contribution in [0.1, 0.15) is 27.4 Å². The maximum Gasteiger partial charge on any atom is 0.253 e. The quantitative estimate of drug-likeness (QED) is 0.392. The number of carbonyl (C=O) groups excluding carboxylic acids is 1. The van der Waals surface area contributed by atoms with Gasteiger partial charge in [0.05, 0.1) is 0 Å². The van der Waals surface area contributed by atoms with E-state index in [2.05, 4.69) is 17.1 Å². The molecule has 3 aromatic carbocycles. The number of aromatic nitrogens is 2. The van der Waals surface area contributed by atoms with Gasteiger partial charge in [-0.05, 0) is 65.6 Å². The molecule has 31 heavy (non-hydrogen) atoms. The molecule has 0 aliphatic heterocycles. The third-order valence-corrected chi connectivity index (χ3v) is 5.39. The van der Waals surface area contributed by atoms with E-state index in [0.717, 1.165) is 27.8 Å². The zero-order valence-corrected chi connectivity index (χ0v) is 18.3. The topological polar surface area (TPSA) is 59.2 Å². The predicted molar refractivity (Wildman–Crippen MR) is 122 cm³/mol. The summed E-state index contributed by atoms with van der Waals surface area (Å²) in [4.78, 5) is 14.5. The van der Waals surface area contributed by atoms with E-state index >= 15 is 0 Å². The van der Waals surface area contributed by atoms with Gasteiger partial charge in [-0.25, -0.2) is 0 Å². The Morgan fingerprint density at radius 1 is 0.935 bits per heavy atom. The Hall–Kier alpha value is -3.44. The van der Waals surface area contributed by atoms with E-state index in [0.29, 0.717) is 28.9 Å². The van der Waals surface area contributed by atoms with E-state index < -0.39 is 0 Å². The molecule has 156 valence electrons. The van der Waals surface area contributed by atoms with E-state index in [1.807, 2.05) is 66.7 Å². The smallest absolute Gasteiger partial charge is 0.253 e. The SMILES string of the molecule is Cc1nnc(-c2ccc(C)c(-c3ccc(C(=O)N(C)Cc4ccc(Cl)cc4)cc3)c2)o1. The second-order valence-electron chi connectivity index (χ2n) is 7.52. The van der Waals surface area contributed by atoms with Crippen LogP contribution in [0.5, 0.6) is 0 Å². The Morgan fingerprint density at radius 2 is 1.61 bits per heavy atom. The molecular formula is C25H22ClN3O2. The lowest BCUT2D eigenvalue weighted by atomic mass is 9.97. The number of amides is 1. The van der Waals surface area contributed by atoms with Crippen molar-refractivity contribution < 1.29 is 9.21 Å². The van der Waals surface area contributed by atoms with Crippen molar-refractivity contribution in [3.63, 3.8) is 0 Å². The van der Waals surface area contributed by atoms with Gasteiger partial charge in [-0.15, -0.1) is 10.2 Å². The van der Waals surface area contributed by atoms with Crippen LogP contribution in [0.15, 0.2) is 71.1 Å². The molecule has 0 bridgehead atoms. The monoisotopic (exact) mass is 431 g/mol. The first-order valence-corrected chi connectivity index (χ1v) is 10.3. The normalized spacial score (nSPS) is 10.8. The molecule has 0 saturated heterocycles. The summed E-state index contributed by atoms with van der Waals surface area (Å²) in [6, 6.07) is 21.2. The summed E-state index contributed by atoms with van der Waals surface area (Å²) in [5.41, 5.74) is 5.74. The standard InChI is InChI=1S/C25H22ClN3O2/c1-16-4-7-21(24-28-27-17(2)31-24)14-23(16)19-8-10-20(11-9-19)25(30)29(3)15-18-5-12-22(26)13-6-18/h4-14H,15H2,1-3H3. The fourth-order valence-electron chi connectivity index (χ4n) is 3.43. The number of rotatable bonds is 5. The van der Waals surface area contributed by atoms with Gasteiger partial charge in [0, 0.05) is 36.7 Å². The van der Waals surface area contributed by atoms with Gasteiger partial charge in [-0.3, -0.25) is 4.79 Å². The van der Waals surface area contributed by atoms with E-state index in [1.165, 1.54) is 0 Å². The van der Waals surface area contributed by atoms with Crippen LogP contribution in [0.25, 0.3) is 22.6 Å². The second kappa shape index (κ2) is 8.74. The third-order valence-electron chi connectivity index (χ3n) is 5.13. The summed E-state index contributed by atoms with van der Waals surface area (Å²) in [6.07, 6.45) is 0. The molecule has 1 heterocycles. The van der Waals surface area contributed by atoms with Crippen LogP contribution in [0, 0.1) is 13.8 Å². The molecule has 1 amide bonds. The molecule has 0 aliphatic rings. The van der Waals surface area contributed by atoms with Crippen molar-refractivity contribution in [2.75, 3.05) is 7.05 Å². The minimum atomic E-state index is -0.0340. The number of aryl methyl sites for hydroxylation is 2. The van der Waals surface area contributed by atoms with Gasteiger partial charge in [-0.2, -0.15) is 0 Å². The van der Waals surface area contributed by atoms with Crippen molar-refractivity contribution in [1.29, 1.82) is 0 Å². The third kappa shape index (κ3) is 4.67. The van der Waals surface area contributed by atoms with Crippen LogP contribution in [0.3, 0.4) is 0 Å². The van der Waals surface area contributed by atoms with Crippen molar-refractivity contribution in [3.8, 4) is 22.6 Å². The van der Waals surface area contributed by atoms with Crippen molar-refractivity contribution >= 4 is 17.5 Å². The highest BCUT2D eigenvalue weighted by atomic mass is 35.5. The molecule has 0 N–H and O–H groups in total. The lowest BCUT2D eigenvalue weighted by Gasteiger charge is -2.18. The lowest BCUT2D eigenvalue weighted by Crippen LogP contribution is -2.26. The number of halogens is 1. The molecular weight excluding hydrogens is 410 g/mol. The van der Waals surface area contributed by atoms with Gasteiger partial charge in [0.2, 0.25) is 11.8 Å². The molecule has 0 atom stereocenters. The average molecular weight is 432 g/mol. The zero-order chi connectivity index (χ0) is 22.0. The van der Waals surface area contributed by atoms with Crippen LogP contribution in [0.4, 0.5) is 0 Å². The van der Waals surface area contributed by atoms with Gasteiger partial charge in [-0.1, -0.05) is 41.9 Å². The van der Waals surface area contributed by atoms with Crippen LogP contribution < -0.4 is 0 Å². The van der Waals surface area contributed by atoms with Crippen molar-refractivity contribution in [1.82, 2.24) is 15.1 Å². The van der Waals surface area contributed by atoms with E-state index in [9.17, 15) is 4.79 Å². The number of benzene rings is 3. The van der Waals surface area contributed by atoms with E-state index in [1.54, 1.807) is 18.9 Å². The van der Waals surface area contributed by atoms with Crippen LogP contribution in [0.2, 0.25) is 5.02 Å². The van der Waals surface area contributed by atoms with Gasteiger partial charge in [0.15, 0.2) is 0 Å². The maximum atomic E-state index is 12.8. The van der Waals surface area contributed by atoms with Gasteiger partial charge < -0.3 is 9.32 Å². The Morgan fingerprint density at radius 3 is 2.26 bits per heavy atom. The highest BCUT2D eigenvalue weighted by Crippen LogP contribution is 2.29. The summed E-state index contributed by atoms with van der Waals surface area (Å²) < 4.78 is 5.55. The largest absolute Gasteiger partial charge is 0.421 e. The molecule has 0 saturated carbocycles. The first-order chi connectivity index (χ1) is 14.9.